The van der Waals surface area contributed by atoms with Gasteiger partial charge in [-0.3, -0.25) is 5.84 Å². The third-order valence-corrected chi connectivity index (χ3v) is 2.92. The maximum atomic E-state index is 13.6. The van der Waals surface area contributed by atoms with E-state index in [1.165, 1.54) is 6.08 Å². The number of nitrogens with one attached hydrogen (secondary N) is 1. The maximum Gasteiger partial charge on any atom is 0.161 e. The molecule has 18 heavy (non-hydrogen) atoms. The van der Waals surface area contributed by atoms with Crippen LogP contribution in [-0.4, -0.2) is 0 Å². The fourth-order valence-corrected chi connectivity index (χ4v) is 1.88. The van der Waals surface area contributed by atoms with Crippen LogP contribution in [0.2, 0.25) is 0 Å². The molecule has 0 saturated carbocycles. The van der Waals surface area contributed by atoms with Gasteiger partial charge in [0.25, 0.3) is 0 Å². The van der Waals surface area contributed by atoms with Crippen molar-refractivity contribution in [2.24, 2.45) is 11.8 Å². The first kappa shape index (κ1) is 12.6. The van der Waals surface area contributed by atoms with Gasteiger partial charge in [-0.1, -0.05) is 13.0 Å². The Balaban J connectivity index is 2.21. The Kier molecular flexibility index (Phi) is 3.67. The molecule has 0 aromatic heterocycles. The second-order valence-corrected chi connectivity index (χ2v) is 4.54. The molecule has 3 nitrogen and oxygen atoms in total. The van der Waals surface area contributed by atoms with E-state index in [1.54, 1.807) is 12.1 Å². The lowest BCUT2D eigenvalue weighted by Gasteiger charge is -2.18. The number of ether oxygens (including phenoxy) is 1. The monoisotopic (exact) mass is 248 g/mol. The van der Waals surface area contributed by atoms with Gasteiger partial charge in [-0.2, -0.15) is 0 Å². The lowest BCUT2D eigenvalue weighted by Crippen LogP contribution is -2.08. The van der Waals surface area contributed by atoms with Crippen molar-refractivity contribution >= 4 is 5.69 Å². The first-order chi connectivity index (χ1) is 8.60. The summed E-state index contributed by atoms with van der Waals surface area (Å²) in [5, 5.41) is 0. The van der Waals surface area contributed by atoms with E-state index in [-0.39, 0.29) is 5.83 Å². The minimum Gasteiger partial charge on any atom is -0.458 e. The highest BCUT2D eigenvalue weighted by Crippen LogP contribution is 2.29. The quantitative estimate of drug-likeness (QED) is 0.636. The van der Waals surface area contributed by atoms with Gasteiger partial charge >= 0.3 is 0 Å². The minimum atomic E-state index is -0.298. The molecule has 2 rings (SSSR count). The molecule has 0 bridgehead atoms. The summed E-state index contributed by atoms with van der Waals surface area (Å²) in [7, 11) is 0. The Morgan fingerprint density at radius 1 is 1.44 bits per heavy atom. The summed E-state index contributed by atoms with van der Waals surface area (Å²) in [6, 6.07) is 5.44. The summed E-state index contributed by atoms with van der Waals surface area (Å²) in [5.41, 5.74) is 4.27. The van der Waals surface area contributed by atoms with Crippen LogP contribution in [0.25, 0.3) is 0 Å². The van der Waals surface area contributed by atoms with Crippen molar-refractivity contribution in [1.82, 2.24) is 0 Å². The van der Waals surface area contributed by atoms with Gasteiger partial charge in [-0.05, 0) is 42.7 Å². The van der Waals surface area contributed by atoms with E-state index < -0.39 is 0 Å². The highest BCUT2D eigenvalue weighted by Gasteiger charge is 2.16. The number of aryl methyl sites for hydroxylation is 1. The van der Waals surface area contributed by atoms with Crippen LogP contribution in [0.5, 0.6) is 5.75 Å². The van der Waals surface area contributed by atoms with Crippen molar-refractivity contribution in [3.63, 3.8) is 0 Å². The molecule has 0 fully saturated rings. The van der Waals surface area contributed by atoms with Crippen LogP contribution in [-0.2, 0) is 0 Å². The van der Waals surface area contributed by atoms with Crippen LogP contribution in [0.15, 0.2) is 41.9 Å². The minimum absolute atomic E-state index is 0.296. The van der Waals surface area contributed by atoms with Gasteiger partial charge in [0.2, 0.25) is 0 Å². The molecule has 0 aliphatic heterocycles. The van der Waals surface area contributed by atoms with Crippen LogP contribution in [0.4, 0.5) is 10.1 Å². The smallest absolute Gasteiger partial charge is 0.161 e. The van der Waals surface area contributed by atoms with Crippen LogP contribution in [0.1, 0.15) is 18.9 Å². The number of anilines is 1. The van der Waals surface area contributed by atoms with Crippen molar-refractivity contribution in [2.45, 2.75) is 20.3 Å². The van der Waals surface area contributed by atoms with Gasteiger partial charge in [-0.15, -0.1) is 0 Å². The number of hydrogen-bond acceptors (Lipinski definition) is 3. The lowest BCUT2D eigenvalue weighted by atomic mass is 10.0. The van der Waals surface area contributed by atoms with Gasteiger partial charge in [0.1, 0.15) is 11.5 Å². The Bertz CT molecular complexity index is 509. The van der Waals surface area contributed by atoms with Crippen molar-refractivity contribution < 1.29 is 9.13 Å². The highest BCUT2D eigenvalue weighted by atomic mass is 19.1. The summed E-state index contributed by atoms with van der Waals surface area (Å²) in [6.07, 6.45) is 3.89. The molecule has 96 valence electrons. The molecule has 1 aromatic carbocycles. The zero-order valence-corrected chi connectivity index (χ0v) is 10.5. The molecular weight excluding hydrogens is 231 g/mol. The summed E-state index contributed by atoms with van der Waals surface area (Å²) in [5.74, 6) is 6.37. The number of nitrogens with two attached hydrogens (primary N) is 1. The Labute approximate surface area is 106 Å². The molecule has 0 amide bonds. The molecule has 0 spiro atoms. The largest absolute Gasteiger partial charge is 0.458 e. The average molecular weight is 248 g/mol. The molecule has 4 heteroatoms. The molecular formula is C14H17FN2O. The highest BCUT2D eigenvalue weighted by molar-refractivity contribution is 5.50. The fourth-order valence-electron chi connectivity index (χ4n) is 1.88. The predicted molar refractivity (Wildman–Crippen MR) is 70.7 cm³/mol. The number of hydrogen-bond donors (Lipinski definition) is 2. The molecule has 1 aliphatic rings. The number of halogens is 1. The molecule has 0 heterocycles. The van der Waals surface area contributed by atoms with Gasteiger partial charge in [-0.25, -0.2) is 4.39 Å². The lowest BCUT2D eigenvalue weighted by molar-refractivity contribution is 0.358. The van der Waals surface area contributed by atoms with Gasteiger partial charge < -0.3 is 10.2 Å². The molecule has 1 aromatic rings. The van der Waals surface area contributed by atoms with Crippen LogP contribution >= 0.6 is 0 Å². The Morgan fingerprint density at radius 3 is 2.89 bits per heavy atom. The van der Waals surface area contributed by atoms with Crippen LogP contribution in [0, 0.1) is 12.8 Å². The van der Waals surface area contributed by atoms with E-state index in [1.807, 2.05) is 26.0 Å². The van der Waals surface area contributed by atoms with Crippen molar-refractivity contribution in [3.8, 4) is 5.75 Å². The molecule has 0 radical (unpaired) electrons. The number of nitrogen functional groups attached to an aromatic ring is 1. The van der Waals surface area contributed by atoms with E-state index in [9.17, 15) is 4.39 Å². The molecule has 1 unspecified atom stereocenters. The zero-order valence-electron chi connectivity index (χ0n) is 10.5. The SMILES string of the molecule is Cc1cc(NN)ccc1OC1=C(F)C=CC(C)C1. The summed E-state index contributed by atoms with van der Waals surface area (Å²) < 4.78 is 19.3. The van der Waals surface area contributed by atoms with Crippen molar-refractivity contribution in [3.05, 3.63) is 47.5 Å². The molecule has 1 atom stereocenters. The Hall–Kier alpha value is -1.81. The van der Waals surface area contributed by atoms with Gasteiger partial charge in [0.15, 0.2) is 5.83 Å². The summed E-state index contributed by atoms with van der Waals surface area (Å²) in [6.45, 7) is 3.93. The number of rotatable bonds is 3. The summed E-state index contributed by atoms with van der Waals surface area (Å²) >= 11 is 0. The fraction of sp³-hybridized carbons (Fsp3) is 0.286. The van der Waals surface area contributed by atoms with Crippen LogP contribution < -0.4 is 16.0 Å². The molecule has 3 N–H and O–H groups in total. The van der Waals surface area contributed by atoms with E-state index >= 15 is 0 Å². The second-order valence-electron chi connectivity index (χ2n) is 4.54. The van der Waals surface area contributed by atoms with E-state index in [0.29, 0.717) is 23.8 Å². The first-order valence-corrected chi connectivity index (χ1v) is 5.92. The second kappa shape index (κ2) is 5.23. The summed E-state index contributed by atoms with van der Waals surface area (Å²) in [4.78, 5) is 0. The van der Waals surface area contributed by atoms with Crippen LogP contribution in [0.3, 0.4) is 0 Å². The van der Waals surface area contributed by atoms with E-state index in [0.717, 1.165) is 11.3 Å². The van der Waals surface area contributed by atoms with E-state index in [4.69, 9.17) is 10.6 Å². The van der Waals surface area contributed by atoms with Gasteiger partial charge in [0.05, 0.1) is 0 Å². The Morgan fingerprint density at radius 2 is 2.22 bits per heavy atom. The topological polar surface area (TPSA) is 47.3 Å². The third kappa shape index (κ3) is 2.71. The number of hydrazine groups is 1. The van der Waals surface area contributed by atoms with Gasteiger partial charge in [0, 0.05) is 12.1 Å². The van der Waals surface area contributed by atoms with Crippen molar-refractivity contribution in [1.29, 1.82) is 0 Å². The van der Waals surface area contributed by atoms with Crippen molar-refractivity contribution in [2.75, 3.05) is 5.43 Å². The predicted octanol–water partition coefficient (Wildman–Crippen LogP) is 3.44. The third-order valence-electron chi connectivity index (χ3n) is 2.92. The number of benzene rings is 1. The number of allylic oxidation sites excluding steroid dienone is 4. The first-order valence-electron chi connectivity index (χ1n) is 5.92. The standard InChI is InChI=1S/C14H17FN2O/c1-9-3-5-12(15)14(7-9)18-13-6-4-11(17-16)8-10(13)2/h3-6,8-9,17H,7,16H2,1-2H3. The normalized spacial score (nSPS) is 19.0. The maximum absolute atomic E-state index is 13.6. The average Bonchev–Trinajstić information content (AvgIpc) is 2.36. The molecule has 1 aliphatic carbocycles. The molecule has 0 saturated heterocycles. The zero-order chi connectivity index (χ0) is 13.1. The van der Waals surface area contributed by atoms with E-state index in [2.05, 4.69) is 5.43 Å².